The van der Waals surface area contributed by atoms with E-state index in [9.17, 15) is 0 Å². The lowest BCUT2D eigenvalue weighted by atomic mass is 10.3. The van der Waals surface area contributed by atoms with Crippen LogP contribution in [0.3, 0.4) is 0 Å². The Bertz CT molecular complexity index is 960. The van der Waals surface area contributed by atoms with Gasteiger partial charge < -0.3 is 20.0 Å². The molecule has 1 unspecified atom stereocenters. The topological polar surface area (TPSA) is 94.4 Å². The van der Waals surface area contributed by atoms with E-state index < -0.39 is 0 Å². The smallest absolute Gasteiger partial charge is 0.216 e. The Balaban J connectivity index is 0.00000256. The lowest BCUT2D eigenvalue weighted by Gasteiger charge is -2.20. The highest BCUT2D eigenvalue weighted by Crippen LogP contribution is 2.23. The molecule has 0 spiro atoms. The van der Waals surface area contributed by atoms with Gasteiger partial charge in [0.25, 0.3) is 0 Å². The van der Waals surface area contributed by atoms with E-state index >= 15 is 0 Å². The molecule has 8 nitrogen and oxygen atoms in total. The van der Waals surface area contributed by atoms with Crippen molar-refractivity contribution in [2.24, 2.45) is 4.99 Å². The number of benzene rings is 1. The van der Waals surface area contributed by atoms with E-state index in [1.165, 1.54) is 0 Å². The molecule has 10 heteroatoms. The van der Waals surface area contributed by atoms with Gasteiger partial charge in [0.1, 0.15) is 12.4 Å². The van der Waals surface area contributed by atoms with Crippen LogP contribution in [0.4, 0.5) is 5.69 Å². The van der Waals surface area contributed by atoms with E-state index in [4.69, 9.17) is 16.0 Å². The fraction of sp³-hybridized carbons (Fsp3) is 0.350. The number of furan rings is 1. The summed E-state index contributed by atoms with van der Waals surface area (Å²) in [7, 11) is 0. The Kier molecular flexibility index (Phi) is 7.97. The lowest BCUT2D eigenvalue weighted by Crippen LogP contribution is -2.44. The summed E-state index contributed by atoms with van der Waals surface area (Å²) in [6.07, 6.45) is 2.63. The summed E-state index contributed by atoms with van der Waals surface area (Å²) in [6.45, 7) is 5.10. The van der Waals surface area contributed by atoms with Crippen LogP contribution < -0.4 is 15.5 Å². The zero-order valence-corrected chi connectivity index (χ0v) is 19.7. The van der Waals surface area contributed by atoms with Crippen LogP contribution in [0.2, 0.25) is 5.02 Å². The normalized spacial score (nSPS) is 16.4. The minimum Gasteiger partial charge on any atom is -0.461 e. The van der Waals surface area contributed by atoms with Gasteiger partial charge in [-0.25, -0.2) is 9.98 Å². The molecule has 1 aromatic carbocycles. The van der Waals surface area contributed by atoms with E-state index in [0.29, 0.717) is 30.0 Å². The summed E-state index contributed by atoms with van der Waals surface area (Å²) < 4.78 is 5.32. The van der Waals surface area contributed by atoms with Crippen LogP contribution >= 0.6 is 35.6 Å². The SMILES string of the molecule is CCNC(=NCc1nc(-c2ccco2)n[nH]1)NC1CCN(c2cccc(Cl)c2)C1.I. The average Bonchev–Trinajstić information content (AvgIpc) is 3.47. The summed E-state index contributed by atoms with van der Waals surface area (Å²) in [6, 6.07) is 11.9. The molecule has 0 bridgehead atoms. The molecule has 1 saturated heterocycles. The van der Waals surface area contributed by atoms with Gasteiger partial charge in [-0.05, 0) is 43.7 Å². The van der Waals surface area contributed by atoms with Crippen molar-refractivity contribution in [1.82, 2.24) is 25.8 Å². The zero-order chi connectivity index (χ0) is 20.1. The number of anilines is 1. The third-order valence-electron chi connectivity index (χ3n) is 4.71. The predicted octanol–water partition coefficient (Wildman–Crippen LogP) is 3.67. The van der Waals surface area contributed by atoms with Gasteiger partial charge in [0.05, 0.1) is 6.26 Å². The number of rotatable bonds is 6. The third-order valence-corrected chi connectivity index (χ3v) is 4.94. The molecule has 0 amide bonds. The number of aromatic amines is 1. The summed E-state index contributed by atoms with van der Waals surface area (Å²) >= 11 is 6.13. The van der Waals surface area contributed by atoms with Gasteiger partial charge in [-0.15, -0.1) is 29.1 Å². The molecule has 4 rings (SSSR count). The molecule has 0 radical (unpaired) electrons. The maximum atomic E-state index is 6.13. The number of nitrogens with one attached hydrogen (secondary N) is 3. The van der Waals surface area contributed by atoms with Gasteiger partial charge in [-0.3, -0.25) is 5.10 Å². The first-order valence-electron chi connectivity index (χ1n) is 9.72. The Morgan fingerprint density at radius 2 is 2.27 bits per heavy atom. The highest BCUT2D eigenvalue weighted by atomic mass is 127. The number of hydrogen-bond acceptors (Lipinski definition) is 5. The minimum atomic E-state index is 0. The first-order chi connectivity index (χ1) is 14.2. The molecule has 1 atom stereocenters. The lowest BCUT2D eigenvalue weighted by molar-refractivity contribution is 0.577. The van der Waals surface area contributed by atoms with Crippen molar-refractivity contribution in [3.8, 4) is 11.6 Å². The van der Waals surface area contributed by atoms with Crippen molar-refractivity contribution in [2.45, 2.75) is 25.9 Å². The maximum absolute atomic E-state index is 6.13. The maximum Gasteiger partial charge on any atom is 0.216 e. The summed E-state index contributed by atoms with van der Waals surface area (Å²) in [5.41, 5.74) is 1.15. The van der Waals surface area contributed by atoms with Crippen LogP contribution in [0.5, 0.6) is 0 Å². The van der Waals surface area contributed by atoms with Crippen molar-refractivity contribution >= 4 is 47.2 Å². The van der Waals surface area contributed by atoms with Crippen LogP contribution in [-0.2, 0) is 6.54 Å². The van der Waals surface area contributed by atoms with Crippen LogP contribution in [0.1, 0.15) is 19.2 Å². The quantitative estimate of drug-likeness (QED) is 0.250. The Hall–Kier alpha value is -2.27. The van der Waals surface area contributed by atoms with Crippen molar-refractivity contribution in [3.05, 3.63) is 53.5 Å². The molecule has 0 saturated carbocycles. The predicted molar refractivity (Wildman–Crippen MR) is 130 cm³/mol. The molecule has 1 fully saturated rings. The minimum absolute atomic E-state index is 0. The second-order valence-electron chi connectivity index (χ2n) is 6.83. The van der Waals surface area contributed by atoms with Crippen LogP contribution in [-0.4, -0.2) is 46.8 Å². The number of aliphatic imine (C=N–C) groups is 1. The monoisotopic (exact) mass is 541 g/mol. The van der Waals surface area contributed by atoms with Crippen LogP contribution in [0, 0.1) is 0 Å². The fourth-order valence-corrected chi connectivity index (χ4v) is 3.52. The molecular formula is C20H25ClIN7O. The van der Waals surface area contributed by atoms with Crippen LogP contribution in [0.25, 0.3) is 11.6 Å². The van der Waals surface area contributed by atoms with Crippen LogP contribution in [0.15, 0.2) is 52.1 Å². The van der Waals surface area contributed by atoms with Crippen molar-refractivity contribution in [3.63, 3.8) is 0 Å². The molecule has 3 aromatic rings. The summed E-state index contributed by atoms with van der Waals surface area (Å²) in [4.78, 5) is 11.4. The number of aromatic nitrogens is 3. The number of H-pyrrole nitrogens is 1. The molecular weight excluding hydrogens is 517 g/mol. The second-order valence-corrected chi connectivity index (χ2v) is 7.27. The van der Waals surface area contributed by atoms with Gasteiger partial charge >= 0.3 is 0 Å². The average molecular weight is 542 g/mol. The summed E-state index contributed by atoms with van der Waals surface area (Å²) in [5, 5.41) is 14.7. The zero-order valence-electron chi connectivity index (χ0n) is 16.6. The molecule has 3 N–H and O–H groups in total. The standard InChI is InChI=1S/C20H24ClN7O.HI/c1-2-22-20(23-12-18-25-19(27-26-18)17-7-4-10-29-17)24-15-8-9-28(13-15)16-6-3-5-14(21)11-16;/h3-7,10-11,15H,2,8-9,12-13H2,1H3,(H2,22,23,24)(H,25,26,27);1H. The van der Waals surface area contributed by atoms with Crippen molar-refractivity contribution in [2.75, 3.05) is 24.5 Å². The molecule has 30 heavy (non-hydrogen) atoms. The molecule has 2 aromatic heterocycles. The van der Waals surface area contributed by atoms with E-state index in [0.717, 1.165) is 42.7 Å². The number of nitrogens with zero attached hydrogens (tertiary/aromatic N) is 4. The van der Waals surface area contributed by atoms with Gasteiger partial charge in [0.2, 0.25) is 5.82 Å². The van der Waals surface area contributed by atoms with Gasteiger partial charge in [-0.2, -0.15) is 0 Å². The first-order valence-corrected chi connectivity index (χ1v) is 10.1. The highest BCUT2D eigenvalue weighted by Gasteiger charge is 2.23. The first kappa shape index (κ1) is 22.4. The van der Waals surface area contributed by atoms with Gasteiger partial charge in [0.15, 0.2) is 11.7 Å². The van der Waals surface area contributed by atoms with E-state index in [-0.39, 0.29) is 24.0 Å². The van der Waals surface area contributed by atoms with Gasteiger partial charge in [0, 0.05) is 36.4 Å². The number of guanidine groups is 1. The Morgan fingerprint density at radius 3 is 3.03 bits per heavy atom. The van der Waals surface area contributed by atoms with E-state index in [2.05, 4.69) is 41.8 Å². The largest absolute Gasteiger partial charge is 0.461 e. The second kappa shape index (κ2) is 10.7. The molecule has 3 heterocycles. The molecule has 0 aliphatic carbocycles. The van der Waals surface area contributed by atoms with E-state index in [1.54, 1.807) is 6.26 Å². The molecule has 1 aliphatic rings. The molecule has 160 valence electrons. The van der Waals surface area contributed by atoms with Gasteiger partial charge in [-0.1, -0.05) is 17.7 Å². The third kappa shape index (κ3) is 5.66. The fourth-order valence-electron chi connectivity index (χ4n) is 3.33. The van der Waals surface area contributed by atoms with E-state index in [1.807, 2.05) is 37.3 Å². The van der Waals surface area contributed by atoms with Crippen molar-refractivity contribution < 1.29 is 4.42 Å². The number of hydrogen-bond donors (Lipinski definition) is 3. The summed E-state index contributed by atoms with van der Waals surface area (Å²) in [5.74, 6) is 2.61. The Morgan fingerprint density at radius 1 is 1.37 bits per heavy atom. The molecule has 1 aliphatic heterocycles. The van der Waals surface area contributed by atoms with Crippen molar-refractivity contribution in [1.29, 1.82) is 0 Å². The number of halogens is 2. The highest BCUT2D eigenvalue weighted by molar-refractivity contribution is 14.0. The Labute approximate surface area is 197 Å².